The monoisotopic (exact) mass is 404 g/mol. The molecule has 0 saturated carbocycles. The number of hydrogen-bond acceptors (Lipinski definition) is 4. The fraction of sp³-hybridized carbons (Fsp3) is 0.833. The SMILES string of the molecule is C=C(C)C(=O)OCCC[Si](C)(C)O[Si](C)(C)O[Si](C)(C)CCCCC. The van der Waals surface area contributed by atoms with Gasteiger partial charge in [0.05, 0.1) is 6.61 Å². The van der Waals surface area contributed by atoms with Gasteiger partial charge in [-0.3, -0.25) is 0 Å². The van der Waals surface area contributed by atoms with E-state index in [4.69, 9.17) is 13.0 Å². The van der Waals surface area contributed by atoms with Crippen LogP contribution in [0.25, 0.3) is 0 Å². The van der Waals surface area contributed by atoms with Crippen molar-refractivity contribution in [3.63, 3.8) is 0 Å². The third kappa shape index (κ3) is 12.7. The number of carbonyl (C=O) groups is 1. The molecule has 0 aromatic rings. The van der Waals surface area contributed by atoms with E-state index in [1.54, 1.807) is 6.92 Å². The van der Waals surface area contributed by atoms with Crippen LogP contribution in [0.15, 0.2) is 12.2 Å². The van der Waals surface area contributed by atoms with E-state index in [9.17, 15) is 4.79 Å². The van der Waals surface area contributed by atoms with Crippen LogP contribution in [0.2, 0.25) is 51.4 Å². The highest BCUT2D eigenvalue weighted by atomic mass is 28.5. The molecule has 0 aliphatic heterocycles. The predicted octanol–water partition coefficient (Wildman–Crippen LogP) is 5.83. The largest absolute Gasteiger partial charge is 0.462 e. The summed E-state index contributed by atoms with van der Waals surface area (Å²) in [6, 6.07) is 2.17. The van der Waals surface area contributed by atoms with E-state index in [0.29, 0.717) is 12.2 Å². The molecule has 0 aliphatic carbocycles. The average molecular weight is 405 g/mol. The van der Waals surface area contributed by atoms with Gasteiger partial charge >= 0.3 is 14.5 Å². The van der Waals surface area contributed by atoms with Crippen molar-refractivity contribution in [2.24, 2.45) is 0 Å². The second-order valence-electron chi connectivity index (χ2n) is 8.60. The number of esters is 1. The minimum atomic E-state index is -2.13. The molecule has 25 heavy (non-hydrogen) atoms. The number of ether oxygens (including phenoxy) is 1. The van der Waals surface area contributed by atoms with Crippen LogP contribution in [0, 0.1) is 0 Å². The molecule has 0 aromatic carbocycles. The van der Waals surface area contributed by atoms with Gasteiger partial charge in [-0.1, -0.05) is 32.8 Å². The van der Waals surface area contributed by atoms with Crippen LogP contribution < -0.4 is 0 Å². The molecule has 0 heterocycles. The Bertz CT molecular complexity index is 434. The van der Waals surface area contributed by atoms with Gasteiger partial charge in [0, 0.05) is 5.57 Å². The second-order valence-corrected chi connectivity index (χ2v) is 21.1. The van der Waals surface area contributed by atoms with Crippen molar-refractivity contribution in [3.05, 3.63) is 12.2 Å². The summed E-state index contributed by atoms with van der Waals surface area (Å²) in [5, 5.41) is 0. The lowest BCUT2D eigenvalue weighted by atomic mass is 10.3. The minimum absolute atomic E-state index is 0.307. The van der Waals surface area contributed by atoms with Crippen LogP contribution in [0.5, 0.6) is 0 Å². The molecule has 0 amide bonds. The lowest BCUT2D eigenvalue weighted by Gasteiger charge is -2.38. The Balaban J connectivity index is 4.39. The molecular formula is C18H40O4Si3. The van der Waals surface area contributed by atoms with Crippen molar-refractivity contribution in [2.75, 3.05) is 6.61 Å². The van der Waals surface area contributed by atoms with Gasteiger partial charge in [0.1, 0.15) is 0 Å². The van der Waals surface area contributed by atoms with E-state index in [0.717, 1.165) is 12.5 Å². The number of rotatable bonds is 13. The quantitative estimate of drug-likeness (QED) is 0.168. The Kier molecular flexibility index (Phi) is 10.7. The molecule has 0 spiro atoms. The lowest BCUT2D eigenvalue weighted by Crippen LogP contribution is -2.52. The first kappa shape index (κ1) is 24.8. The molecule has 0 bridgehead atoms. The van der Waals surface area contributed by atoms with Gasteiger partial charge in [-0.2, -0.15) is 0 Å². The first-order valence-electron chi connectivity index (χ1n) is 9.53. The van der Waals surface area contributed by atoms with Crippen LogP contribution in [0.1, 0.15) is 39.5 Å². The zero-order chi connectivity index (χ0) is 19.7. The van der Waals surface area contributed by atoms with Crippen LogP contribution in [-0.4, -0.2) is 37.8 Å². The summed E-state index contributed by atoms with van der Waals surface area (Å²) in [5.74, 6) is -0.307. The molecule has 0 atom stereocenters. The summed E-state index contributed by atoms with van der Waals surface area (Å²) >= 11 is 0. The van der Waals surface area contributed by atoms with E-state index in [1.165, 1.54) is 25.3 Å². The normalized spacial score (nSPS) is 13.0. The Hall–Kier alpha value is -0.219. The summed E-state index contributed by atoms with van der Waals surface area (Å²) < 4.78 is 18.3. The van der Waals surface area contributed by atoms with E-state index in [2.05, 4.69) is 52.8 Å². The maximum Gasteiger partial charge on any atom is 0.333 e. The van der Waals surface area contributed by atoms with E-state index < -0.39 is 25.2 Å². The minimum Gasteiger partial charge on any atom is -0.462 e. The molecule has 4 nitrogen and oxygen atoms in total. The third-order valence-electron chi connectivity index (χ3n) is 3.93. The van der Waals surface area contributed by atoms with Crippen molar-refractivity contribution in [1.82, 2.24) is 0 Å². The highest BCUT2D eigenvalue weighted by molar-refractivity contribution is 6.87. The van der Waals surface area contributed by atoms with Crippen LogP contribution >= 0.6 is 0 Å². The number of carbonyl (C=O) groups excluding carboxylic acids is 1. The van der Waals surface area contributed by atoms with Crippen molar-refractivity contribution in [3.8, 4) is 0 Å². The fourth-order valence-corrected chi connectivity index (χ4v) is 17.1. The van der Waals surface area contributed by atoms with Gasteiger partial charge in [-0.05, 0) is 64.7 Å². The molecule has 148 valence electrons. The average Bonchev–Trinajstić information content (AvgIpc) is 2.40. The van der Waals surface area contributed by atoms with Crippen LogP contribution in [-0.2, 0) is 17.8 Å². The standard InChI is InChI=1S/C18H40O4Si3/c1-10-11-12-15-23(4,5)21-25(8,9)22-24(6,7)16-13-14-20-18(19)17(2)3/h2,10-16H2,1,3-9H3. The number of hydrogen-bond donors (Lipinski definition) is 0. The summed E-state index contributed by atoms with van der Waals surface area (Å²) in [4.78, 5) is 11.4. The molecule has 0 aromatic heterocycles. The van der Waals surface area contributed by atoms with Crippen molar-refractivity contribution < 1.29 is 17.8 Å². The number of unbranched alkanes of at least 4 members (excludes halogenated alkanes) is 2. The molecule has 0 fully saturated rings. The Morgan fingerprint density at radius 2 is 1.36 bits per heavy atom. The zero-order valence-corrected chi connectivity index (χ0v) is 20.8. The van der Waals surface area contributed by atoms with Crippen molar-refractivity contribution in [2.45, 2.75) is 90.9 Å². The van der Waals surface area contributed by atoms with Crippen LogP contribution in [0.4, 0.5) is 0 Å². The molecule has 0 unspecified atom stereocenters. The van der Waals surface area contributed by atoms with E-state index in [-0.39, 0.29) is 5.97 Å². The molecule has 7 heteroatoms. The van der Waals surface area contributed by atoms with Gasteiger partial charge in [-0.15, -0.1) is 0 Å². The predicted molar refractivity (Wildman–Crippen MR) is 114 cm³/mol. The maximum absolute atomic E-state index is 11.4. The Labute approximate surface area is 158 Å². The van der Waals surface area contributed by atoms with Crippen LogP contribution in [0.3, 0.4) is 0 Å². The molecule has 0 aliphatic rings. The smallest absolute Gasteiger partial charge is 0.333 e. The summed E-state index contributed by atoms with van der Waals surface area (Å²) in [7, 11) is -5.62. The summed E-state index contributed by atoms with van der Waals surface area (Å²) in [6.07, 6.45) is 4.62. The van der Waals surface area contributed by atoms with Gasteiger partial charge in [0.15, 0.2) is 16.6 Å². The Morgan fingerprint density at radius 3 is 1.80 bits per heavy atom. The van der Waals surface area contributed by atoms with Crippen molar-refractivity contribution >= 4 is 31.2 Å². The zero-order valence-electron chi connectivity index (χ0n) is 17.8. The highest BCUT2D eigenvalue weighted by Crippen LogP contribution is 2.26. The maximum atomic E-state index is 11.4. The molecule has 0 rings (SSSR count). The van der Waals surface area contributed by atoms with Gasteiger partial charge in [0.25, 0.3) is 0 Å². The van der Waals surface area contributed by atoms with E-state index >= 15 is 0 Å². The molecular weight excluding hydrogens is 364 g/mol. The molecule has 0 saturated heterocycles. The van der Waals surface area contributed by atoms with Gasteiger partial charge < -0.3 is 13.0 Å². The first-order chi connectivity index (χ1) is 11.3. The first-order valence-corrected chi connectivity index (χ1v) is 18.6. The molecule has 0 N–H and O–H groups in total. The third-order valence-corrected chi connectivity index (χ3v) is 15.4. The summed E-state index contributed by atoms with van der Waals surface area (Å²) in [5.41, 5.74) is 0.449. The fourth-order valence-electron chi connectivity index (χ4n) is 3.04. The summed E-state index contributed by atoms with van der Waals surface area (Å²) in [6.45, 7) is 21.4. The topological polar surface area (TPSA) is 44.8 Å². The van der Waals surface area contributed by atoms with Gasteiger partial charge in [0.2, 0.25) is 0 Å². The second kappa shape index (κ2) is 10.8. The molecule has 0 radical (unpaired) electrons. The Morgan fingerprint density at radius 1 is 0.880 bits per heavy atom. The van der Waals surface area contributed by atoms with Gasteiger partial charge in [-0.25, -0.2) is 4.79 Å². The highest BCUT2D eigenvalue weighted by Gasteiger charge is 2.39. The van der Waals surface area contributed by atoms with Crippen molar-refractivity contribution in [1.29, 1.82) is 0 Å². The lowest BCUT2D eigenvalue weighted by molar-refractivity contribution is -0.138. The van der Waals surface area contributed by atoms with E-state index in [1.807, 2.05) is 0 Å².